The molecule has 0 spiro atoms. The predicted octanol–water partition coefficient (Wildman–Crippen LogP) is 2.38. The number of nitrogens with zero attached hydrogens (tertiary/aromatic N) is 2. The minimum atomic E-state index is -0.554. The molecule has 2 aromatic rings. The van der Waals surface area contributed by atoms with E-state index >= 15 is 0 Å². The number of anilines is 1. The van der Waals surface area contributed by atoms with Gasteiger partial charge in [0.05, 0.1) is 32.0 Å². The van der Waals surface area contributed by atoms with Crippen molar-refractivity contribution in [1.29, 1.82) is 0 Å². The molecule has 0 atom stereocenters. The molecule has 1 aromatic heterocycles. The van der Waals surface area contributed by atoms with Gasteiger partial charge in [0.2, 0.25) is 11.8 Å². The van der Waals surface area contributed by atoms with Gasteiger partial charge in [-0.3, -0.25) is 0 Å². The number of methoxy groups -OCH3 is 2. The second-order valence-electron chi connectivity index (χ2n) is 3.85. The molecular formula is C13H13F2N3O2. The highest BCUT2D eigenvalue weighted by molar-refractivity contribution is 5.47. The summed E-state index contributed by atoms with van der Waals surface area (Å²) in [7, 11) is 2.90. The highest BCUT2D eigenvalue weighted by atomic mass is 19.1. The Balaban J connectivity index is 2.24. The first-order valence-electron chi connectivity index (χ1n) is 5.76. The molecule has 0 bridgehead atoms. The Labute approximate surface area is 114 Å². The molecule has 0 saturated heterocycles. The van der Waals surface area contributed by atoms with Gasteiger partial charge in [-0.1, -0.05) is 0 Å². The molecule has 0 aliphatic rings. The summed E-state index contributed by atoms with van der Waals surface area (Å²) in [6, 6.07) is 3.17. The lowest BCUT2D eigenvalue weighted by atomic mass is 10.2. The first-order valence-corrected chi connectivity index (χ1v) is 5.76. The molecule has 0 amide bonds. The largest absolute Gasteiger partial charge is 0.481 e. The predicted molar refractivity (Wildman–Crippen MR) is 68.8 cm³/mol. The minimum Gasteiger partial charge on any atom is -0.481 e. The van der Waals surface area contributed by atoms with Crippen LogP contribution in [0.3, 0.4) is 0 Å². The van der Waals surface area contributed by atoms with Gasteiger partial charge in [-0.05, 0) is 18.2 Å². The molecular weight excluding hydrogens is 268 g/mol. The van der Waals surface area contributed by atoms with Crippen LogP contribution in [0.5, 0.6) is 11.8 Å². The van der Waals surface area contributed by atoms with Crippen LogP contribution in [0.15, 0.2) is 24.5 Å². The molecule has 7 heteroatoms. The minimum absolute atomic E-state index is 0.0398. The summed E-state index contributed by atoms with van der Waals surface area (Å²) in [4.78, 5) is 7.87. The second kappa shape index (κ2) is 6.14. The molecule has 0 unspecified atom stereocenters. The van der Waals surface area contributed by atoms with Gasteiger partial charge in [0.25, 0.3) is 0 Å². The zero-order valence-corrected chi connectivity index (χ0v) is 11.0. The van der Waals surface area contributed by atoms with E-state index in [1.54, 1.807) is 0 Å². The average Bonchev–Trinajstić information content (AvgIpc) is 2.47. The van der Waals surface area contributed by atoms with Gasteiger partial charge in [0, 0.05) is 0 Å². The maximum atomic E-state index is 13.5. The Kier molecular flexibility index (Phi) is 4.29. The van der Waals surface area contributed by atoms with E-state index in [4.69, 9.17) is 9.47 Å². The van der Waals surface area contributed by atoms with Crippen LogP contribution >= 0.6 is 0 Å². The fourth-order valence-electron chi connectivity index (χ4n) is 1.70. The maximum Gasteiger partial charge on any atom is 0.225 e. The van der Waals surface area contributed by atoms with Crippen molar-refractivity contribution >= 4 is 5.69 Å². The van der Waals surface area contributed by atoms with Crippen molar-refractivity contribution in [2.45, 2.75) is 6.54 Å². The fourth-order valence-corrected chi connectivity index (χ4v) is 1.70. The van der Waals surface area contributed by atoms with Gasteiger partial charge >= 0.3 is 0 Å². The third kappa shape index (κ3) is 2.93. The molecule has 106 valence electrons. The standard InChI is InChI=1S/C13H13F2N3O2/c1-19-12-9(13(20-2)18-7-17-12)6-16-11-5-8(14)3-4-10(11)15/h3-5,7,16H,6H2,1-2H3. The summed E-state index contributed by atoms with van der Waals surface area (Å²) >= 11 is 0. The monoisotopic (exact) mass is 281 g/mol. The molecule has 20 heavy (non-hydrogen) atoms. The highest BCUT2D eigenvalue weighted by Gasteiger charge is 2.13. The van der Waals surface area contributed by atoms with Crippen molar-refractivity contribution in [3.05, 3.63) is 41.7 Å². The molecule has 1 aromatic carbocycles. The van der Waals surface area contributed by atoms with Crippen LogP contribution in [-0.2, 0) is 6.54 Å². The summed E-state index contributed by atoms with van der Waals surface area (Å²) in [5.74, 6) is -0.472. The Morgan fingerprint density at radius 2 is 1.75 bits per heavy atom. The van der Waals surface area contributed by atoms with Crippen molar-refractivity contribution in [2.24, 2.45) is 0 Å². The van der Waals surface area contributed by atoms with E-state index in [0.717, 1.165) is 18.2 Å². The summed E-state index contributed by atoms with van der Waals surface area (Å²) in [5, 5.41) is 2.76. The fraction of sp³-hybridized carbons (Fsp3) is 0.231. The summed E-state index contributed by atoms with van der Waals surface area (Å²) in [5.41, 5.74) is 0.555. The molecule has 0 aliphatic carbocycles. The van der Waals surface area contributed by atoms with Crippen LogP contribution in [0, 0.1) is 11.6 Å². The smallest absolute Gasteiger partial charge is 0.225 e. The van der Waals surface area contributed by atoms with Gasteiger partial charge < -0.3 is 14.8 Å². The van der Waals surface area contributed by atoms with E-state index < -0.39 is 11.6 Å². The van der Waals surface area contributed by atoms with Crippen molar-refractivity contribution in [3.63, 3.8) is 0 Å². The summed E-state index contributed by atoms with van der Waals surface area (Å²) in [6.07, 6.45) is 1.30. The van der Waals surface area contributed by atoms with Crippen molar-refractivity contribution < 1.29 is 18.3 Å². The lowest BCUT2D eigenvalue weighted by Gasteiger charge is -2.12. The SMILES string of the molecule is COc1ncnc(OC)c1CNc1cc(F)ccc1F. The highest BCUT2D eigenvalue weighted by Crippen LogP contribution is 2.25. The van der Waals surface area contributed by atoms with Crippen LogP contribution < -0.4 is 14.8 Å². The molecule has 0 saturated carbocycles. The number of hydrogen-bond acceptors (Lipinski definition) is 5. The molecule has 0 fully saturated rings. The lowest BCUT2D eigenvalue weighted by molar-refractivity contribution is 0.363. The second-order valence-corrected chi connectivity index (χ2v) is 3.85. The zero-order chi connectivity index (χ0) is 14.5. The van der Waals surface area contributed by atoms with Crippen molar-refractivity contribution in [2.75, 3.05) is 19.5 Å². The molecule has 5 nitrogen and oxygen atoms in total. The Morgan fingerprint density at radius 1 is 1.10 bits per heavy atom. The normalized spacial score (nSPS) is 10.2. The Morgan fingerprint density at radius 3 is 2.35 bits per heavy atom. The van der Waals surface area contributed by atoms with Gasteiger partial charge in [0.15, 0.2) is 0 Å². The average molecular weight is 281 g/mol. The van der Waals surface area contributed by atoms with Crippen LogP contribution in [0.2, 0.25) is 0 Å². The summed E-state index contributed by atoms with van der Waals surface area (Å²) < 4.78 is 36.8. The number of rotatable bonds is 5. The van der Waals surface area contributed by atoms with Gasteiger partial charge in [-0.15, -0.1) is 0 Å². The van der Waals surface area contributed by atoms with E-state index in [2.05, 4.69) is 15.3 Å². The van der Waals surface area contributed by atoms with Gasteiger partial charge in [-0.25, -0.2) is 18.7 Å². The van der Waals surface area contributed by atoms with E-state index in [1.807, 2.05) is 0 Å². The maximum absolute atomic E-state index is 13.5. The van der Waals surface area contributed by atoms with E-state index in [0.29, 0.717) is 17.3 Å². The number of benzene rings is 1. The van der Waals surface area contributed by atoms with Crippen LogP contribution in [-0.4, -0.2) is 24.2 Å². The van der Waals surface area contributed by atoms with Crippen molar-refractivity contribution in [1.82, 2.24) is 9.97 Å². The molecule has 2 rings (SSSR count). The molecule has 1 heterocycles. The Hall–Kier alpha value is -2.44. The van der Waals surface area contributed by atoms with Crippen LogP contribution in [0.4, 0.5) is 14.5 Å². The number of aromatic nitrogens is 2. The van der Waals surface area contributed by atoms with Gasteiger partial charge in [-0.2, -0.15) is 0 Å². The molecule has 1 N–H and O–H groups in total. The van der Waals surface area contributed by atoms with Crippen LogP contribution in [0.25, 0.3) is 0 Å². The molecule has 0 aliphatic heterocycles. The first kappa shape index (κ1) is 14.0. The third-order valence-electron chi connectivity index (χ3n) is 2.64. The lowest BCUT2D eigenvalue weighted by Crippen LogP contribution is -2.07. The van der Waals surface area contributed by atoms with E-state index in [1.165, 1.54) is 20.5 Å². The Bertz CT molecular complexity index is 586. The zero-order valence-electron chi connectivity index (χ0n) is 11.0. The van der Waals surface area contributed by atoms with Crippen LogP contribution in [0.1, 0.15) is 5.56 Å². The quantitative estimate of drug-likeness (QED) is 0.912. The van der Waals surface area contributed by atoms with E-state index in [-0.39, 0.29) is 12.2 Å². The number of halogens is 2. The topological polar surface area (TPSA) is 56.3 Å². The molecule has 0 radical (unpaired) electrons. The number of hydrogen-bond donors (Lipinski definition) is 1. The number of ether oxygens (including phenoxy) is 2. The number of nitrogens with one attached hydrogen (secondary N) is 1. The van der Waals surface area contributed by atoms with E-state index in [9.17, 15) is 8.78 Å². The third-order valence-corrected chi connectivity index (χ3v) is 2.64. The summed E-state index contributed by atoms with van der Waals surface area (Å²) in [6.45, 7) is 0.132. The van der Waals surface area contributed by atoms with Gasteiger partial charge in [0.1, 0.15) is 18.0 Å². The first-order chi connectivity index (χ1) is 9.65. The van der Waals surface area contributed by atoms with Crippen molar-refractivity contribution in [3.8, 4) is 11.8 Å².